The largest absolute Gasteiger partial charge is 0.454 e. The van der Waals surface area contributed by atoms with E-state index < -0.39 is 6.10 Å². The predicted molar refractivity (Wildman–Crippen MR) is 103 cm³/mol. The first-order valence-corrected chi connectivity index (χ1v) is 9.79. The molecule has 7 heteroatoms. The van der Waals surface area contributed by atoms with Crippen LogP contribution < -0.4 is 9.47 Å². The van der Waals surface area contributed by atoms with E-state index in [1.807, 2.05) is 18.2 Å². The summed E-state index contributed by atoms with van der Waals surface area (Å²) in [6.45, 7) is 1.60. The molecule has 2 aromatic carbocycles. The first kappa shape index (κ1) is 19.5. The van der Waals surface area contributed by atoms with Gasteiger partial charge in [-0.15, -0.1) is 0 Å². The van der Waals surface area contributed by atoms with Crippen LogP contribution >= 0.6 is 11.6 Å². The summed E-state index contributed by atoms with van der Waals surface area (Å²) < 4.78 is 30.4. The Balaban J connectivity index is 1.28. The first-order chi connectivity index (χ1) is 13.6. The van der Waals surface area contributed by atoms with Gasteiger partial charge in [0, 0.05) is 29.7 Å². The van der Waals surface area contributed by atoms with E-state index in [1.165, 1.54) is 6.07 Å². The molecule has 28 heavy (non-hydrogen) atoms. The van der Waals surface area contributed by atoms with Gasteiger partial charge in [-0.2, -0.15) is 0 Å². The van der Waals surface area contributed by atoms with Gasteiger partial charge in [0.15, 0.2) is 11.5 Å². The van der Waals surface area contributed by atoms with Gasteiger partial charge < -0.3 is 19.3 Å². The van der Waals surface area contributed by atoms with Gasteiger partial charge in [0.05, 0.1) is 19.3 Å². The molecule has 0 unspecified atom stereocenters. The van der Waals surface area contributed by atoms with E-state index in [9.17, 15) is 9.50 Å². The Labute approximate surface area is 168 Å². The SMILES string of the molecule is O[C@@H](COCc1ccc2c(c1)OCO2)CN(Cc1c(F)cccc1Cl)C1CC1. The van der Waals surface area contributed by atoms with Crippen LogP contribution in [0.15, 0.2) is 36.4 Å². The summed E-state index contributed by atoms with van der Waals surface area (Å²) >= 11 is 6.15. The summed E-state index contributed by atoms with van der Waals surface area (Å²) in [4.78, 5) is 2.08. The molecular formula is C21H23ClFNO4. The van der Waals surface area contributed by atoms with Crippen LogP contribution in [0.5, 0.6) is 11.5 Å². The van der Waals surface area contributed by atoms with E-state index in [1.54, 1.807) is 12.1 Å². The molecule has 0 saturated heterocycles. The number of fused-ring (bicyclic) bond motifs is 1. The monoisotopic (exact) mass is 407 g/mol. The van der Waals surface area contributed by atoms with Crippen LogP contribution in [-0.4, -0.2) is 42.1 Å². The van der Waals surface area contributed by atoms with Gasteiger partial charge in [-0.25, -0.2) is 4.39 Å². The number of aliphatic hydroxyl groups excluding tert-OH is 1. The zero-order chi connectivity index (χ0) is 19.5. The lowest BCUT2D eigenvalue weighted by Crippen LogP contribution is -2.36. The third-order valence-corrected chi connectivity index (χ3v) is 5.30. The summed E-state index contributed by atoms with van der Waals surface area (Å²) in [5, 5.41) is 10.8. The van der Waals surface area contributed by atoms with Crippen molar-refractivity contribution in [2.45, 2.75) is 38.1 Å². The zero-order valence-electron chi connectivity index (χ0n) is 15.4. The molecule has 1 saturated carbocycles. The normalized spacial score (nSPS) is 16.6. The van der Waals surface area contributed by atoms with Crippen molar-refractivity contribution in [3.8, 4) is 11.5 Å². The average Bonchev–Trinajstić information content (AvgIpc) is 3.41. The molecule has 1 heterocycles. The Morgan fingerprint density at radius 2 is 2.04 bits per heavy atom. The highest BCUT2D eigenvalue weighted by Crippen LogP contribution is 2.33. The van der Waals surface area contributed by atoms with Gasteiger partial charge >= 0.3 is 0 Å². The van der Waals surface area contributed by atoms with Gasteiger partial charge in [0.25, 0.3) is 0 Å². The van der Waals surface area contributed by atoms with E-state index in [0.717, 1.165) is 24.2 Å². The quantitative estimate of drug-likeness (QED) is 0.686. The highest BCUT2D eigenvalue weighted by molar-refractivity contribution is 6.31. The van der Waals surface area contributed by atoms with E-state index in [-0.39, 0.29) is 19.2 Å². The molecule has 0 radical (unpaired) electrons. The Kier molecular flexibility index (Phi) is 6.01. The molecule has 150 valence electrons. The van der Waals surface area contributed by atoms with Gasteiger partial charge in [-0.3, -0.25) is 4.90 Å². The molecule has 2 aliphatic rings. The summed E-state index contributed by atoms with van der Waals surface area (Å²) in [5.41, 5.74) is 1.43. The maximum atomic E-state index is 14.1. The van der Waals surface area contributed by atoms with Crippen molar-refractivity contribution in [1.82, 2.24) is 4.90 Å². The number of halogens is 2. The van der Waals surface area contributed by atoms with Crippen LogP contribution in [0.2, 0.25) is 5.02 Å². The molecule has 2 aromatic rings. The second-order valence-corrected chi connectivity index (χ2v) is 7.62. The highest BCUT2D eigenvalue weighted by atomic mass is 35.5. The van der Waals surface area contributed by atoms with E-state index in [0.29, 0.717) is 42.1 Å². The van der Waals surface area contributed by atoms with Crippen molar-refractivity contribution in [2.24, 2.45) is 0 Å². The van der Waals surface area contributed by atoms with Crippen LogP contribution in [0.3, 0.4) is 0 Å². The Hall–Kier alpha value is -1.86. The molecule has 5 nitrogen and oxygen atoms in total. The van der Waals surface area contributed by atoms with Crippen LogP contribution in [0.25, 0.3) is 0 Å². The van der Waals surface area contributed by atoms with E-state index in [2.05, 4.69) is 4.90 Å². The molecule has 4 rings (SSSR count). The van der Waals surface area contributed by atoms with Crippen LogP contribution in [0, 0.1) is 5.82 Å². The van der Waals surface area contributed by atoms with E-state index >= 15 is 0 Å². The lowest BCUT2D eigenvalue weighted by atomic mass is 10.2. The van der Waals surface area contributed by atoms with Crippen LogP contribution in [0.4, 0.5) is 4.39 Å². The smallest absolute Gasteiger partial charge is 0.231 e. The summed E-state index contributed by atoms with van der Waals surface area (Å²) in [6, 6.07) is 10.7. The maximum absolute atomic E-state index is 14.1. The first-order valence-electron chi connectivity index (χ1n) is 9.41. The van der Waals surface area contributed by atoms with Crippen molar-refractivity contribution in [1.29, 1.82) is 0 Å². The van der Waals surface area contributed by atoms with Crippen molar-refractivity contribution in [2.75, 3.05) is 19.9 Å². The number of nitrogens with zero attached hydrogens (tertiary/aromatic N) is 1. The molecule has 0 bridgehead atoms. The van der Waals surface area contributed by atoms with Crippen molar-refractivity contribution < 1.29 is 23.7 Å². The van der Waals surface area contributed by atoms with Crippen LogP contribution in [0.1, 0.15) is 24.0 Å². The highest BCUT2D eigenvalue weighted by Gasteiger charge is 2.31. The number of rotatable bonds is 9. The third-order valence-electron chi connectivity index (χ3n) is 4.95. The molecule has 1 aliphatic carbocycles. The second-order valence-electron chi connectivity index (χ2n) is 7.22. The molecule has 0 spiro atoms. The fraction of sp³-hybridized carbons (Fsp3) is 0.429. The lowest BCUT2D eigenvalue weighted by Gasteiger charge is -2.25. The average molecular weight is 408 g/mol. The van der Waals surface area contributed by atoms with Gasteiger partial charge in [-0.05, 0) is 42.7 Å². The minimum Gasteiger partial charge on any atom is -0.454 e. The molecule has 1 aliphatic heterocycles. The van der Waals surface area contributed by atoms with Crippen LogP contribution in [-0.2, 0) is 17.9 Å². The summed E-state index contributed by atoms with van der Waals surface area (Å²) in [6.07, 6.45) is 1.44. The zero-order valence-corrected chi connectivity index (χ0v) is 16.2. The minimum absolute atomic E-state index is 0.197. The van der Waals surface area contributed by atoms with Gasteiger partial charge in [0.1, 0.15) is 5.82 Å². The predicted octanol–water partition coefficient (Wildman–Crippen LogP) is 3.75. The maximum Gasteiger partial charge on any atom is 0.231 e. The Morgan fingerprint density at radius 1 is 1.21 bits per heavy atom. The fourth-order valence-electron chi connectivity index (χ4n) is 3.34. The summed E-state index contributed by atoms with van der Waals surface area (Å²) in [7, 11) is 0. The topological polar surface area (TPSA) is 51.2 Å². The number of aliphatic hydroxyl groups is 1. The number of benzene rings is 2. The summed E-state index contributed by atoms with van der Waals surface area (Å²) in [5.74, 6) is 1.13. The number of hydrogen-bond donors (Lipinski definition) is 1. The minimum atomic E-state index is -0.667. The third kappa shape index (κ3) is 4.75. The molecule has 0 aromatic heterocycles. The van der Waals surface area contributed by atoms with Crippen molar-refractivity contribution in [3.63, 3.8) is 0 Å². The Morgan fingerprint density at radius 3 is 2.82 bits per heavy atom. The number of ether oxygens (including phenoxy) is 3. The fourth-order valence-corrected chi connectivity index (χ4v) is 3.56. The lowest BCUT2D eigenvalue weighted by molar-refractivity contribution is 0.00687. The van der Waals surface area contributed by atoms with Gasteiger partial charge in [-0.1, -0.05) is 23.7 Å². The standard InChI is InChI=1S/C21H23ClFNO4/c22-18-2-1-3-19(23)17(18)10-24(15-5-6-15)9-16(25)12-26-11-14-4-7-20-21(8-14)28-13-27-20/h1-4,7-8,15-16,25H,5-6,9-13H2/t16-/m1/s1. The number of hydrogen-bond acceptors (Lipinski definition) is 5. The molecule has 0 amide bonds. The second kappa shape index (κ2) is 8.66. The van der Waals surface area contributed by atoms with Crippen molar-refractivity contribution >= 4 is 11.6 Å². The molecule has 1 fully saturated rings. The molecule has 1 N–H and O–H groups in total. The van der Waals surface area contributed by atoms with Crippen molar-refractivity contribution in [3.05, 3.63) is 58.4 Å². The Bertz CT molecular complexity index is 810. The van der Waals surface area contributed by atoms with Gasteiger partial charge in [0.2, 0.25) is 6.79 Å². The molecular weight excluding hydrogens is 385 g/mol. The molecule has 1 atom stereocenters. The van der Waals surface area contributed by atoms with E-state index in [4.69, 9.17) is 25.8 Å².